The SMILES string of the molecule is CC1(C)CC[C@]2(c3noc(CCN)n3)CC[C@]3(C)[C@H](C(=O)C=C4[C@@]5(C)C=C(C#N)C(=O)C(C)(C)[C@@H]5CC[C@]43C)[C@@H]2C1. The molecular weight excluding hydrogens is 512 g/mol. The maximum Gasteiger partial charge on any atom is 0.227 e. The van der Waals surface area contributed by atoms with Crippen molar-refractivity contribution in [3.8, 4) is 6.07 Å². The van der Waals surface area contributed by atoms with Crippen molar-refractivity contribution in [3.05, 3.63) is 35.0 Å². The van der Waals surface area contributed by atoms with E-state index in [1.165, 1.54) is 0 Å². The fourth-order valence-electron chi connectivity index (χ4n) is 10.7. The molecule has 0 bridgehead atoms. The van der Waals surface area contributed by atoms with Gasteiger partial charge in [-0.1, -0.05) is 65.3 Å². The number of ketones is 2. The highest BCUT2D eigenvalue weighted by Crippen LogP contribution is 2.74. The molecule has 0 unspecified atom stereocenters. The van der Waals surface area contributed by atoms with Crippen LogP contribution in [0.5, 0.6) is 0 Å². The van der Waals surface area contributed by atoms with Crippen molar-refractivity contribution in [1.82, 2.24) is 10.1 Å². The number of nitrogens with zero attached hydrogens (tertiary/aromatic N) is 3. The number of carbonyl (C=O) groups is 2. The second-order valence-corrected chi connectivity index (χ2v) is 16.0. The summed E-state index contributed by atoms with van der Waals surface area (Å²) in [5.74, 6) is 1.47. The molecule has 0 amide bonds. The van der Waals surface area contributed by atoms with Crippen molar-refractivity contribution >= 4 is 11.6 Å². The monoisotopic (exact) mass is 558 g/mol. The van der Waals surface area contributed by atoms with Gasteiger partial charge in [-0.25, -0.2) is 0 Å². The lowest BCUT2D eigenvalue weighted by Gasteiger charge is -2.69. The van der Waals surface area contributed by atoms with Crippen LogP contribution in [0.15, 0.2) is 27.8 Å². The largest absolute Gasteiger partial charge is 0.339 e. The maximum absolute atomic E-state index is 14.7. The maximum atomic E-state index is 14.7. The molecule has 1 aromatic heterocycles. The van der Waals surface area contributed by atoms with Crippen LogP contribution in [0.3, 0.4) is 0 Å². The van der Waals surface area contributed by atoms with Crippen LogP contribution < -0.4 is 5.73 Å². The summed E-state index contributed by atoms with van der Waals surface area (Å²) >= 11 is 0. The minimum Gasteiger partial charge on any atom is -0.339 e. The quantitative estimate of drug-likeness (QED) is 0.480. The number of nitriles is 1. The molecule has 0 saturated heterocycles. The van der Waals surface area contributed by atoms with Crippen LogP contribution >= 0.6 is 0 Å². The number of aromatic nitrogens is 2. The Morgan fingerprint density at radius 2 is 1.76 bits per heavy atom. The van der Waals surface area contributed by atoms with Crippen molar-refractivity contribution in [1.29, 1.82) is 5.26 Å². The lowest BCUT2D eigenvalue weighted by atomic mass is 9.34. The first-order valence-corrected chi connectivity index (χ1v) is 15.6. The topological polar surface area (TPSA) is 123 Å². The molecule has 1 aromatic rings. The van der Waals surface area contributed by atoms with E-state index in [1.54, 1.807) is 0 Å². The molecule has 220 valence electrons. The Morgan fingerprint density at radius 1 is 1.05 bits per heavy atom. The van der Waals surface area contributed by atoms with Crippen LogP contribution in [-0.2, 0) is 21.4 Å². The molecule has 0 spiro atoms. The molecule has 7 nitrogen and oxygen atoms in total. The molecule has 0 radical (unpaired) electrons. The van der Waals surface area contributed by atoms with Gasteiger partial charge in [-0.15, -0.1) is 0 Å². The van der Waals surface area contributed by atoms with Crippen molar-refractivity contribution < 1.29 is 14.1 Å². The molecule has 41 heavy (non-hydrogen) atoms. The second-order valence-electron chi connectivity index (χ2n) is 16.0. The molecular formula is C34H46N4O3. The van der Waals surface area contributed by atoms with Crippen LogP contribution in [0, 0.1) is 56.2 Å². The number of hydrogen-bond donors (Lipinski definition) is 1. The third-order valence-corrected chi connectivity index (χ3v) is 13.1. The van der Waals surface area contributed by atoms with Gasteiger partial charge in [0.15, 0.2) is 17.4 Å². The van der Waals surface area contributed by atoms with Crippen LogP contribution in [0.2, 0.25) is 0 Å². The van der Waals surface area contributed by atoms with E-state index in [1.807, 2.05) is 26.0 Å². The standard InChI is InChI=1S/C34H46N4O3/c1-29(2)11-13-34(28-37-25(9-15-35)41-38-28)14-12-33(7)26(21(34)18-29)22(39)16-24-31(5)17-20(19-36)27(40)30(3,4)23(31)8-10-32(24,33)6/h16-17,21,23,26H,8-15,18,35H2,1-7H3/t21-,23-,26-,31-,32+,33+,34-/m0/s1. The average molecular weight is 559 g/mol. The van der Waals surface area contributed by atoms with Gasteiger partial charge in [0.25, 0.3) is 0 Å². The van der Waals surface area contributed by atoms with E-state index < -0.39 is 10.8 Å². The zero-order valence-electron chi connectivity index (χ0n) is 25.9. The van der Waals surface area contributed by atoms with E-state index in [9.17, 15) is 14.9 Å². The highest BCUT2D eigenvalue weighted by molar-refractivity contribution is 6.04. The highest BCUT2D eigenvalue weighted by atomic mass is 16.5. The minimum atomic E-state index is -0.660. The third kappa shape index (κ3) is 3.58. The Kier molecular flexibility index (Phi) is 6.07. The van der Waals surface area contributed by atoms with Crippen molar-refractivity contribution in [2.45, 2.75) is 105 Å². The van der Waals surface area contributed by atoms with Gasteiger partial charge in [0.1, 0.15) is 6.07 Å². The third-order valence-electron chi connectivity index (χ3n) is 13.1. The molecule has 7 heteroatoms. The molecule has 5 aliphatic rings. The van der Waals surface area contributed by atoms with Gasteiger partial charge in [-0.3, -0.25) is 9.59 Å². The minimum absolute atomic E-state index is 0.0449. The Labute approximate surface area is 244 Å². The summed E-state index contributed by atoms with van der Waals surface area (Å²) in [4.78, 5) is 32.8. The van der Waals surface area contributed by atoms with E-state index >= 15 is 0 Å². The molecule has 2 N–H and O–H groups in total. The van der Waals surface area contributed by atoms with Gasteiger partial charge in [0.05, 0.1) is 5.57 Å². The van der Waals surface area contributed by atoms with Gasteiger partial charge in [-0.05, 0) is 79.1 Å². The number of nitrogens with two attached hydrogens (primary N) is 1. The first-order chi connectivity index (χ1) is 19.1. The molecule has 0 aliphatic heterocycles. The van der Waals surface area contributed by atoms with E-state index in [-0.39, 0.29) is 56.6 Å². The zero-order chi connectivity index (χ0) is 29.8. The summed E-state index contributed by atoms with van der Waals surface area (Å²) in [6.07, 6.45) is 11.0. The summed E-state index contributed by atoms with van der Waals surface area (Å²) in [7, 11) is 0. The number of Topliss-reactive ketones (excluding diaryl/α,β-unsaturated/α-hetero) is 1. The Morgan fingerprint density at radius 3 is 2.44 bits per heavy atom. The fraction of sp³-hybridized carbons (Fsp3) is 0.735. The average Bonchev–Trinajstić information content (AvgIpc) is 3.37. The van der Waals surface area contributed by atoms with E-state index in [0.29, 0.717) is 18.9 Å². The predicted octanol–water partition coefficient (Wildman–Crippen LogP) is 6.04. The lowest BCUT2D eigenvalue weighted by Crippen LogP contribution is -2.65. The van der Waals surface area contributed by atoms with E-state index in [2.05, 4.69) is 45.8 Å². The molecule has 6 rings (SSSR count). The van der Waals surface area contributed by atoms with Gasteiger partial charge in [0, 0.05) is 35.1 Å². The summed E-state index contributed by atoms with van der Waals surface area (Å²) in [6.45, 7) is 16.0. The predicted molar refractivity (Wildman–Crippen MR) is 155 cm³/mol. The Bertz CT molecular complexity index is 1430. The second kappa shape index (κ2) is 8.72. The number of fused-ring (bicyclic) bond motifs is 7. The summed E-state index contributed by atoms with van der Waals surface area (Å²) in [5.41, 5.74) is 5.30. The Hall–Kier alpha value is -2.59. The smallest absolute Gasteiger partial charge is 0.227 e. The highest BCUT2D eigenvalue weighted by Gasteiger charge is 2.70. The zero-order valence-corrected chi connectivity index (χ0v) is 25.9. The molecule has 0 aromatic carbocycles. The van der Waals surface area contributed by atoms with Crippen molar-refractivity contribution in [2.75, 3.05) is 6.54 Å². The first-order valence-electron chi connectivity index (χ1n) is 15.6. The van der Waals surface area contributed by atoms with Crippen molar-refractivity contribution in [3.63, 3.8) is 0 Å². The normalized spacial score (nSPS) is 42.6. The van der Waals surface area contributed by atoms with Crippen LogP contribution in [0.25, 0.3) is 0 Å². The van der Waals surface area contributed by atoms with Crippen molar-refractivity contribution in [2.24, 2.45) is 50.6 Å². The Balaban J connectivity index is 1.51. The number of carbonyl (C=O) groups excluding carboxylic acids is 2. The summed E-state index contributed by atoms with van der Waals surface area (Å²) < 4.78 is 5.67. The number of hydrogen-bond acceptors (Lipinski definition) is 7. The lowest BCUT2D eigenvalue weighted by molar-refractivity contribution is -0.160. The molecule has 5 aliphatic carbocycles. The number of rotatable bonds is 3. The van der Waals surface area contributed by atoms with E-state index in [0.717, 1.165) is 56.3 Å². The van der Waals surface area contributed by atoms with Gasteiger partial charge in [0.2, 0.25) is 5.89 Å². The van der Waals surface area contributed by atoms with Gasteiger partial charge < -0.3 is 10.3 Å². The molecule has 3 fully saturated rings. The fourth-order valence-corrected chi connectivity index (χ4v) is 10.7. The van der Waals surface area contributed by atoms with Gasteiger partial charge in [-0.2, -0.15) is 10.2 Å². The number of allylic oxidation sites excluding steroid dienone is 4. The van der Waals surface area contributed by atoms with Crippen LogP contribution in [-0.4, -0.2) is 28.3 Å². The van der Waals surface area contributed by atoms with Crippen LogP contribution in [0.4, 0.5) is 0 Å². The van der Waals surface area contributed by atoms with E-state index in [4.69, 9.17) is 15.2 Å². The summed E-state index contributed by atoms with van der Waals surface area (Å²) in [5, 5.41) is 14.5. The summed E-state index contributed by atoms with van der Waals surface area (Å²) in [6, 6.07) is 2.20. The molecule has 1 heterocycles. The van der Waals surface area contributed by atoms with Gasteiger partial charge >= 0.3 is 0 Å². The molecule has 7 atom stereocenters. The molecule has 3 saturated carbocycles. The van der Waals surface area contributed by atoms with Crippen LogP contribution in [0.1, 0.15) is 105 Å². The first kappa shape index (κ1) is 28.5.